The van der Waals surface area contributed by atoms with Crippen molar-refractivity contribution in [1.82, 2.24) is 10.3 Å². The van der Waals surface area contributed by atoms with E-state index in [0.717, 1.165) is 54.0 Å². The number of nitrogens with one attached hydrogen (secondary N) is 1. The first-order valence-corrected chi connectivity index (χ1v) is 11.0. The van der Waals surface area contributed by atoms with E-state index in [0.29, 0.717) is 17.2 Å². The van der Waals surface area contributed by atoms with E-state index in [1.165, 1.54) is 12.1 Å². The van der Waals surface area contributed by atoms with E-state index >= 15 is 0 Å². The molecule has 0 saturated carbocycles. The Morgan fingerprint density at radius 3 is 2.09 bits per heavy atom. The van der Waals surface area contributed by atoms with Gasteiger partial charge in [0.25, 0.3) is 0 Å². The molecule has 0 amide bonds. The first-order chi connectivity index (χ1) is 15.7. The van der Waals surface area contributed by atoms with Crippen LogP contribution in [-0.2, 0) is 0 Å². The zero-order valence-corrected chi connectivity index (χ0v) is 19.3. The van der Waals surface area contributed by atoms with Gasteiger partial charge in [0.05, 0.1) is 21.3 Å². The van der Waals surface area contributed by atoms with Crippen molar-refractivity contribution < 1.29 is 14.2 Å². The molecule has 4 rings (SSSR count). The SMILES string of the molecule is COc1cc(-c2cncc(-c3ccc(N4CCCNCC4)cc3)c2C)cc(OC)c1OC. The zero-order valence-electron chi connectivity index (χ0n) is 19.3. The van der Waals surface area contributed by atoms with Crippen LogP contribution in [0.1, 0.15) is 12.0 Å². The number of benzene rings is 2. The van der Waals surface area contributed by atoms with Crippen LogP contribution in [-0.4, -0.2) is 52.5 Å². The van der Waals surface area contributed by atoms with Gasteiger partial charge in [-0.1, -0.05) is 12.1 Å². The highest BCUT2D eigenvalue weighted by Gasteiger charge is 2.17. The van der Waals surface area contributed by atoms with Gasteiger partial charge in [-0.25, -0.2) is 0 Å². The zero-order chi connectivity index (χ0) is 22.5. The molecule has 6 heteroatoms. The Morgan fingerprint density at radius 1 is 0.812 bits per heavy atom. The molecule has 0 aliphatic carbocycles. The molecule has 32 heavy (non-hydrogen) atoms. The lowest BCUT2D eigenvalue weighted by Crippen LogP contribution is -2.27. The van der Waals surface area contributed by atoms with Gasteiger partial charge in [0.15, 0.2) is 11.5 Å². The Morgan fingerprint density at radius 2 is 1.47 bits per heavy atom. The molecular formula is C26H31N3O3. The summed E-state index contributed by atoms with van der Waals surface area (Å²) in [6, 6.07) is 12.7. The van der Waals surface area contributed by atoms with Crippen LogP contribution >= 0.6 is 0 Å². The van der Waals surface area contributed by atoms with E-state index in [9.17, 15) is 0 Å². The molecule has 0 bridgehead atoms. The Bertz CT molecular complexity index is 1030. The van der Waals surface area contributed by atoms with Gasteiger partial charge in [0.1, 0.15) is 0 Å². The lowest BCUT2D eigenvalue weighted by Gasteiger charge is -2.22. The summed E-state index contributed by atoms with van der Waals surface area (Å²) in [5.74, 6) is 1.84. The smallest absolute Gasteiger partial charge is 0.203 e. The summed E-state index contributed by atoms with van der Waals surface area (Å²) < 4.78 is 16.5. The van der Waals surface area contributed by atoms with Gasteiger partial charge < -0.3 is 24.4 Å². The molecular weight excluding hydrogens is 402 g/mol. The third-order valence-corrected chi connectivity index (χ3v) is 6.07. The van der Waals surface area contributed by atoms with Crippen LogP contribution in [0.15, 0.2) is 48.8 Å². The van der Waals surface area contributed by atoms with Crippen LogP contribution in [0.25, 0.3) is 22.3 Å². The van der Waals surface area contributed by atoms with Crippen molar-refractivity contribution in [2.24, 2.45) is 0 Å². The van der Waals surface area contributed by atoms with E-state index in [1.54, 1.807) is 21.3 Å². The predicted octanol–water partition coefficient (Wildman–Crippen LogP) is 4.55. The molecule has 1 saturated heterocycles. The third-order valence-electron chi connectivity index (χ3n) is 6.07. The van der Waals surface area contributed by atoms with E-state index in [2.05, 4.69) is 46.4 Å². The van der Waals surface area contributed by atoms with Gasteiger partial charge in [-0.05, 0) is 60.8 Å². The molecule has 1 aliphatic rings. The van der Waals surface area contributed by atoms with Crippen molar-refractivity contribution in [1.29, 1.82) is 0 Å². The second kappa shape index (κ2) is 9.92. The van der Waals surface area contributed by atoms with Crippen LogP contribution in [0.3, 0.4) is 0 Å². The van der Waals surface area contributed by atoms with E-state index in [4.69, 9.17) is 14.2 Å². The number of nitrogens with zero attached hydrogens (tertiary/aromatic N) is 2. The van der Waals surface area contributed by atoms with Crippen LogP contribution in [0.4, 0.5) is 5.69 Å². The highest BCUT2D eigenvalue weighted by molar-refractivity contribution is 5.80. The van der Waals surface area contributed by atoms with Crippen LogP contribution in [0, 0.1) is 6.92 Å². The molecule has 1 fully saturated rings. The molecule has 0 unspecified atom stereocenters. The number of ether oxygens (including phenoxy) is 3. The lowest BCUT2D eigenvalue weighted by molar-refractivity contribution is 0.324. The number of pyridine rings is 1. The largest absolute Gasteiger partial charge is 0.493 e. The molecule has 3 aromatic rings. The first-order valence-electron chi connectivity index (χ1n) is 11.0. The highest BCUT2D eigenvalue weighted by atomic mass is 16.5. The van der Waals surface area contributed by atoms with Gasteiger partial charge in [0, 0.05) is 48.8 Å². The molecule has 6 nitrogen and oxygen atoms in total. The van der Waals surface area contributed by atoms with Crippen molar-refractivity contribution in [2.45, 2.75) is 13.3 Å². The van der Waals surface area contributed by atoms with Gasteiger partial charge in [-0.3, -0.25) is 4.98 Å². The first kappa shape index (κ1) is 22.0. The number of hydrogen-bond acceptors (Lipinski definition) is 6. The summed E-state index contributed by atoms with van der Waals surface area (Å²) in [5.41, 5.74) is 6.69. The quantitative estimate of drug-likeness (QED) is 0.616. The molecule has 0 atom stereocenters. The summed E-state index contributed by atoms with van der Waals surface area (Å²) in [6.45, 7) is 6.37. The van der Waals surface area contributed by atoms with Gasteiger partial charge in [-0.15, -0.1) is 0 Å². The number of aromatic nitrogens is 1. The standard InChI is InChI=1S/C26H31N3O3/c1-18-22(19-6-8-21(9-7-19)29-12-5-10-27-11-13-29)16-28-17-23(18)20-14-24(30-2)26(32-4)25(15-20)31-3/h6-9,14-17,27H,5,10-13H2,1-4H3. The van der Waals surface area contributed by atoms with Gasteiger partial charge in [0.2, 0.25) is 5.75 Å². The maximum atomic E-state index is 5.54. The summed E-state index contributed by atoms with van der Waals surface area (Å²) >= 11 is 0. The molecule has 168 valence electrons. The average Bonchev–Trinajstić information content (AvgIpc) is 3.13. The minimum atomic E-state index is 0.583. The predicted molar refractivity (Wildman–Crippen MR) is 129 cm³/mol. The molecule has 1 aromatic heterocycles. The second-order valence-electron chi connectivity index (χ2n) is 7.91. The van der Waals surface area contributed by atoms with Crippen molar-refractivity contribution in [3.05, 3.63) is 54.4 Å². The molecule has 0 spiro atoms. The molecule has 1 aliphatic heterocycles. The summed E-state index contributed by atoms with van der Waals surface area (Å²) in [4.78, 5) is 6.99. The fourth-order valence-corrected chi connectivity index (χ4v) is 4.30. The topological polar surface area (TPSA) is 55.9 Å². The fourth-order valence-electron chi connectivity index (χ4n) is 4.30. The van der Waals surface area contributed by atoms with Gasteiger partial charge in [-0.2, -0.15) is 0 Å². The summed E-state index contributed by atoms with van der Waals surface area (Å²) in [5, 5.41) is 3.46. The van der Waals surface area contributed by atoms with Crippen LogP contribution in [0.5, 0.6) is 17.2 Å². The van der Waals surface area contributed by atoms with Crippen LogP contribution < -0.4 is 24.4 Å². The molecule has 2 aromatic carbocycles. The average molecular weight is 434 g/mol. The Kier molecular flexibility index (Phi) is 6.81. The van der Waals surface area contributed by atoms with Gasteiger partial charge >= 0.3 is 0 Å². The monoisotopic (exact) mass is 433 g/mol. The molecule has 0 radical (unpaired) electrons. The van der Waals surface area contributed by atoms with E-state index in [1.807, 2.05) is 24.5 Å². The van der Waals surface area contributed by atoms with E-state index in [-0.39, 0.29) is 0 Å². The summed E-state index contributed by atoms with van der Waals surface area (Å²) in [7, 11) is 4.87. The third kappa shape index (κ3) is 4.36. The second-order valence-corrected chi connectivity index (χ2v) is 7.91. The Balaban J connectivity index is 1.69. The minimum absolute atomic E-state index is 0.583. The maximum Gasteiger partial charge on any atom is 0.203 e. The number of methoxy groups -OCH3 is 3. The Labute approximate surface area is 190 Å². The van der Waals surface area contributed by atoms with E-state index < -0.39 is 0 Å². The normalized spacial score (nSPS) is 14.1. The molecule has 1 N–H and O–H groups in total. The Hall–Kier alpha value is -3.25. The fraction of sp³-hybridized carbons (Fsp3) is 0.346. The highest BCUT2D eigenvalue weighted by Crippen LogP contribution is 2.42. The van der Waals surface area contributed by atoms with Crippen molar-refractivity contribution >= 4 is 5.69 Å². The maximum absolute atomic E-state index is 5.54. The van der Waals surface area contributed by atoms with Crippen molar-refractivity contribution in [3.8, 4) is 39.5 Å². The van der Waals surface area contributed by atoms with Crippen molar-refractivity contribution in [2.75, 3.05) is 52.4 Å². The summed E-state index contributed by atoms with van der Waals surface area (Å²) in [6.07, 6.45) is 4.99. The van der Waals surface area contributed by atoms with Crippen molar-refractivity contribution in [3.63, 3.8) is 0 Å². The molecule has 2 heterocycles. The minimum Gasteiger partial charge on any atom is -0.493 e. The number of rotatable bonds is 6. The number of anilines is 1. The number of hydrogen-bond donors (Lipinski definition) is 1. The lowest BCUT2D eigenvalue weighted by atomic mass is 9.95. The van der Waals surface area contributed by atoms with Crippen LogP contribution in [0.2, 0.25) is 0 Å².